The van der Waals surface area contributed by atoms with Crippen LogP contribution in [-0.2, 0) is 0 Å². The van der Waals surface area contributed by atoms with E-state index >= 15 is 0 Å². The Morgan fingerprint density at radius 3 is 1.39 bits per heavy atom. The van der Waals surface area contributed by atoms with Crippen LogP contribution in [-0.4, -0.2) is 5.78 Å². The molecule has 1 nitrogen and oxygen atoms in total. The van der Waals surface area contributed by atoms with Crippen LogP contribution in [0.5, 0.6) is 0 Å². The lowest BCUT2D eigenvalue weighted by atomic mass is 9.86. The van der Waals surface area contributed by atoms with Gasteiger partial charge in [-0.3, -0.25) is 4.79 Å². The summed E-state index contributed by atoms with van der Waals surface area (Å²) in [5.74, 6) is -0.0750. The standard InChI is InChI=1S/C30H20O/c31-30-24-19-11-10-18-23(24)28-26(21-14-6-2-7-15-21)25(20-12-4-1-5-13-20)27(29(28)30)22-16-8-3-9-17-22/h1-19,29H/t29-/m1/s1. The number of hydrogen-bond acceptors (Lipinski definition) is 1. The van der Waals surface area contributed by atoms with Crippen molar-refractivity contribution >= 4 is 28.1 Å². The van der Waals surface area contributed by atoms with Crippen molar-refractivity contribution in [2.75, 3.05) is 0 Å². The Morgan fingerprint density at radius 2 is 0.839 bits per heavy atom. The number of hydrogen-bond donors (Lipinski definition) is 0. The van der Waals surface area contributed by atoms with Gasteiger partial charge in [0.15, 0.2) is 5.78 Å². The summed E-state index contributed by atoms with van der Waals surface area (Å²) >= 11 is 0. The van der Waals surface area contributed by atoms with Gasteiger partial charge >= 0.3 is 0 Å². The van der Waals surface area contributed by atoms with Crippen LogP contribution in [0.3, 0.4) is 0 Å². The summed E-state index contributed by atoms with van der Waals surface area (Å²) in [5, 5.41) is 0. The van der Waals surface area contributed by atoms with Gasteiger partial charge in [-0.25, -0.2) is 0 Å². The maximum Gasteiger partial charge on any atom is 0.175 e. The van der Waals surface area contributed by atoms with Gasteiger partial charge in [0.1, 0.15) is 0 Å². The Morgan fingerprint density at radius 1 is 0.419 bits per heavy atom. The Kier molecular flexibility index (Phi) is 4.07. The van der Waals surface area contributed by atoms with E-state index in [1.54, 1.807) is 0 Å². The van der Waals surface area contributed by atoms with Crippen molar-refractivity contribution in [3.05, 3.63) is 143 Å². The van der Waals surface area contributed by atoms with E-state index in [-0.39, 0.29) is 11.7 Å². The van der Waals surface area contributed by atoms with Gasteiger partial charge in [0.2, 0.25) is 0 Å². The quantitative estimate of drug-likeness (QED) is 0.363. The fraction of sp³-hybridized carbons (Fsp3) is 0.0333. The molecule has 0 radical (unpaired) electrons. The summed E-state index contributed by atoms with van der Waals surface area (Å²) in [4.78, 5) is 13.7. The summed E-state index contributed by atoms with van der Waals surface area (Å²) in [5.41, 5.74) is 9.90. The molecular formula is C30H20O. The lowest BCUT2D eigenvalue weighted by Gasteiger charge is -2.16. The Labute approximate surface area is 182 Å². The predicted molar refractivity (Wildman–Crippen MR) is 127 cm³/mol. The minimum Gasteiger partial charge on any atom is -0.293 e. The topological polar surface area (TPSA) is 17.1 Å². The first kappa shape index (κ1) is 17.9. The second-order valence-electron chi connectivity index (χ2n) is 8.02. The van der Waals surface area contributed by atoms with Crippen LogP contribution < -0.4 is 0 Å². The van der Waals surface area contributed by atoms with Gasteiger partial charge in [0.05, 0.1) is 5.92 Å². The average molecular weight is 396 g/mol. The summed E-state index contributed by atoms with van der Waals surface area (Å²) in [6, 6.07) is 39.4. The Balaban J connectivity index is 1.75. The molecule has 4 aromatic rings. The zero-order chi connectivity index (χ0) is 20.8. The van der Waals surface area contributed by atoms with Crippen molar-refractivity contribution in [1.29, 1.82) is 0 Å². The molecular weight excluding hydrogens is 376 g/mol. The minimum absolute atomic E-state index is 0.198. The highest BCUT2D eigenvalue weighted by molar-refractivity contribution is 6.38. The molecule has 31 heavy (non-hydrogen) atoms. The van der Waals surface area contributed by atoms with E-state index < -0.39 is 0 Å². The van der Waals surface area contributed by atoms with Crippen LogP contribution >= 0.6 is 0 Å². The number of carbonyl (C=O) groups is 1. The molecule has 1 atom stereocenters. The van der Waals surface area contributed by atoms with Gasteiger partial charge in [-0.2, -0.15) is 0 Å². The lowest BCUT2D eigenvalue weighted by Crippen LogP contribution is -2.09. The highest BCUT2D eigenvalue weighted by Gasteiger charge is 2.46. The second kappa shape index (κ2) is 7.07. The lowest BCUT2D eigenvalue weighted by molar-refractivity contribution is 0.0980. The fourth-order valence-corrected chi connectivity index (χ4v) is 5.08. The van der Waals surface area contributed by atoms with E-state index in [1.165, 1.54) is 11.1 Å². The monoisotopic (exact) mass is 396 g/mol. The molecule has 0 aliphatic heterocycles. The molecule has 0 saturated carbocycles. The Bertz CT molecular complexity index is 1320. The van der Waals surface area contributed by atoms with Crippen LogP contribution in [0, 0.1) is 5.92 Å². The highest BCUT2D eigenvalue weighted by Crippen LogP contribution is 2.58. The molecule has 0 N–H and O–H groups in total. The smallest absolute Gasteiger partial charge is 0.175 e. The van der Waals surface area contributed by atoms with E-state index in [9.17, 15) is 4.79 Å². The predicted octanol–water partition coefficient (Wildman–Crippen LogP) is 7.03. The van der Waals surface area contributed by atoms with Gasteiger partial charge < -0.3 is 0 Å². The van der Waals surface area contributed by atoms with Crippen molar-refractivity contribution in [2.45, 2.75) is 0 Å². The molecule has 0 aromatic heterocycles. The van der Waals surface area contributed by atoms with E-state index in [2.05, 4.69) is 78.9 Å². The molecule has 0 spiro atoms. The summed E-state index contributed by atoms with van der Waals surface area (Å²) in [6.07, 6.45) is 0. The first-order valence-corrected chi connectivity index (χ1v) is 10.6. The van der Waals surface area contributed by atoms with Gasteiger partial charge in [0.25, 0.3) is 0 Å². The van der Waals surface area contributed by atoms with Gasteiger partial charge in [0, 0.05) is 5.56 Å². The number of Topliss-reactive ketones (excluding diaryl/α,β-unsaturated/α-hetero) is 1. The van der Waals surface area contributed by atoms with Crippen LogP contribution in [0.1, 0.15) is 32.6 Å². The van der Waals surface area contributed by atoms with Crippen molar-refractivity contribution in [3.8, 4) is 0 Å². The third kappa shape index (κ3) is 2.67. The van der Waals surface area contributed by atoms with E-state index in [4.69, 9.17) is 0 Å². The van der Waals surface area contributed by atoms with Crippen molar-refractivity contribution in [2.24, 2.45) is 5.92 Å². The highest BCUT2D eigenvalue weighted by atomic mass is 16.1. The van der Waals surface area contributed by atoms with Gasteiger partial charge in [-0.1, -0.05) is 115 Å². The number of ketones is 1. The van der Waals surface area contributed by atoms with Crippen LogP contribution in [0.4, 0.5) is 0 Å². The molecule has 0 fully saturated rings. The zero-order valence-electron chi connectivity index (χ0n) is 17.0. The summed E-state index contributed by atoms with van der Waals surface area (Å²) in [6.45, 7) is 0. The van der Waals surface area contributed by atoms with Crippen LogP contribution in [0.15, 0.2) is 115 Å². The first-order chi connectivity index (χ1) is 15.3. The number of fused-ring (bicyclic) bond motifs is 3. The number of benzene rings is 4. The summed E-state index contributed by atoms with van der Waals surface area (Å²) < 4.78 is 0. The molecule has 0 unspecified atom stereocenters. The molecule has 1 heteroatoms. The molecule has 4 aromatic carbocycles. The number of rotatable bonds is 3. The average Bonchev–Trinajstić information content (AvgIpc) is 3.34. The molecule has 146 valence electrons. The summed E-state index contributed by atoms with van der Waals surface area (Å²) in [7, 11) is 0. The third-order valence-corrected chi connectivity index (χ3v) is 6.32. The largest absolute Gasteiger partial charge is 0.293 e. The van der Waals surface area contributed by atoms with Crippen molar-refractivity contribution < 1.29 is 4.79 Å². The number of allylic oxidation sites excluding steroid dienone is 4. The van der Waals surface area contributed by atoms with Crippen molar-refractivity contribution in [1.82, 2.24) is 0 Å². The minimum atomic E-state index is -0.273. The molecule has 0 amide bonds. The zero-order valence-corrected chi connectivity index (χ0v) is 17.0. The maximum atomic E-state index is 13.7. The van der Waals surface area contributed by atoms with E-state index in [0.717, 1.165) is 39.0 Å². The number of carbonyl (C=O) groups excluding carboxylic acids is 1. The molecule has 2 aliphatic rings. The first-order valence-electron chi connectivity index (χ1n) is 10.6. The molecule has 0 saturated heterocycles. The maximum absolute atomic E-state index is 13.7. The van der Waals surface area contributed by atoms with Crippen LogP contribution in [0.25, 0.3) is 22.3 Å². The Hall–Kier alpha value is -3.97. The third-order valence-electron chi connectivity index (χ3n) is 6.32. The fourth-order valence-electron chi connectivity index (χ4n) is 5.08. The van der Waals surface area contributed by atoms with E-state index in [1.807, 2.05) is 36.4 Å². The van der Waals surface area contributed by atoms with Gasteiger partial charge in [-0.05, 0) is 44.5 Å². The van der Waals surface area contributed by atoms with Crippen molar-refractivity contribution in [3.63, 3.8) is 0 Å². The van der Waals surface area contributed by atoms with Gasteiger partial charge in [-0.15, -0.1) is 0 Å². The second-order valence-corrected chi connectivity index (χ2v) is 8.02. The van der Waals surface area contributed by atoms with Crippen LogP contribution in [0.2, 0.25) is 0 Å². The normalized spacial score (nSPS) is 17.2. The van der Waals surface area contributed by atoms with E-state index in [0.29, 0.717) is 0 Å². The molecule has 2 aliphatic carbocycles. The molecule has 6 rings (SSSR count). The SMILES string of the molecule is O=C1c2ccccc2C2=C(c3ccccc3)C(c3ccccc3)=C(c3ccccc3)[C@@H]12. The molecule has 0 heterocycles. The molecule has 0 bridgehead atoms.